The highest BCUT2D eigenvalue weighted by molar-refractivity contribution is 6.12. The van der Waals surface area contributed by atoms with Crippen LogP contribution in [-0.2, 0) is 23.7 Å². The van der Waals surface area contributed by atoms with Gasteiger partial charge in [-0.1, -0.05) is 43.0 Å². The van der Waals surface area contributed by atoms with E-state index in [4.69, 9.17) is 24.4 Å². The first-order chi connectivity index (χ1) is 21.9. The molecule has 0 saturated carbocycles. The Labute approximate surface area is 264 Å². The molecule has 1 aliphatic carbocycles. The van der Waals surface area contributed by atoms with Crippen LogP contribution in [0.25, 0.3) is 5.57 Å². The summed E-state index contributed by atoms with van der Waals surface area (Å²) in [6.45, 7) is 13.1. The summed E-state index contributed by atoms with van der Waals surface area (Å²) >= 11 is 0. The molecular weight excluding hydrogens is 574 g/mol. The maximum absolute atomic E-state index is 11.8. The molecule has 45 heavy (non-hydrogen) atoms. The Hall–Kier alpha value is -4.45. The third-order valence-electron chi connectivity index (χ3n) is 7.74. The van der Waals surface area contributed by atoms with Gasteiger partial charge in [0.25, 0.3) is 0 Å². The summed E-state index contributed by atoms with van der Waals surface area (Å²) in [5.41, 5.74) is 5.68. The van der Waals surface area contributed by atoms with E-state index in [0.717, 1.165) is 38.0 Å². The molecule has 2 aliphatic heterocycles. The van der Waals surface area contributed by atoms with E-state index in [2.05, 4.69) is 45.2 Å². The lowest BCUT2D eigenvalue weighted by atomic mass is 9.98. The molecule has 4 rings (SSSR count). The lowest BCUT2D eigenvalue weighted by molar-refractivity contribution is -0.114. The molecule has 1 amide bonds. The second-order valence-corrected chi connectivity index (χ2v) is 10.7. The normalized spacial score (nSPS) is 20.1. The number of hydrogen-bond acceptors (Lipinski definition) is 10. The van der Waals surface area contributed by atoms with Crippen LogP contribution in [-0.4, -0.2) is 81.3 Å². The molecule has 1 fully saturated rings. The van der Waals surface area contributed by atoms with Gasteiger partial charge < -0.3 is 29.7 Å². The number of methoxy groups -OCH3 is 1. The zero-order chi connectivity index (χ0) is 32.2. The Bertz CT molecular complexity index is 1480. The second kappa shape index (κ2) is 16.6. The van der Waals surface area contributed by atoms with Crippen LogP contribution in [0, 0.1) is 10.3 Å². The minimum atomic E-state index is -1.13. The Morgan fingerprint density at radius 2 is 2.16 bits per heavy atom. The summed E-state index contributed by atoms with van der Waals surface area (Å²) in [7, 11) is 1.31. The van der Waals surface area contributed by atoms with Crippen LogP contribution in [0.2, 0.25) is 0 Å². The van der Waals surface area contributed by atoms with Crippen LogP contribution >= 0.6 is 0 Å². The fourth-order valence-corrected chi connectivity index (χ4v) is 5.32. The number of hydrogen-bond donors (Lipinski definition) is 2. The largest absolute Gasteiger partial charge is 0.488 e. The number of nitrogens with zero attached hydrogens (tertiary/aromatic N) is 3. The number of nitrogens with one attached hydrogen (secondary N) is 2. The molecule has 1 aromatic rings. The van der Waals surface area contributed by atoms with Crippen LogP contribution in [0.15, 0.2) is 99.8 Å². The summed E-state index contributed by atoms with van der Waals surface area (Å²) in [5, 5.41) is 12.8. The molecule has 0 bridgehead atoms. The van der Waals surface area contributed by atoms with Crippen LogP contribution < -0.4 is 5.32 Å². The van der Waals surface area contributed by atoms with Gasteiger partial charge in [-0.3, -0.25) is 9.69 Å². The van der Waals surface area contributed by atoms with Crippen LogP contribution in [0.3, 0.4) is 0 Å². The zero-order valence-electron chi connectivity index (χ0n) is 26.1. The number of nitroso groups, excluding NO2 is 1. The molecule has 11 heteroatoms. The quantitative estimate of drug-likeness (QED) is 0.0972. The van der Waals surface area contributed by atoms with E-state index >= 15 is 0 Å². The van der Waals surface area contributed by atoms with Crippen molar-refractivity contribution in [2.45, 2.75) is 32.8 Å². The monoisotopic (exact) mass is 615 g/mol. The summed E-state index contributed by atoms with van der Waals surface area (Å²) in [6.07, 6.45) is 13.0. The third kappa shape index (κ3) is 8.81. The Balaban J connectivity index is 1.54. The first-order valence-corrected chi connectivity index (χ1v) is 14.9. The molecule has 1 atom stereocenters. The molecule has 0 radical (unpaired) electrons. The van der Waals surface area contributed by atoms with Gasteiger partial charge >= 0.3 is 5.91 Å². The van der Waals surface area contributed by atoms with Gasteiger partial charge in [0.1, 0.15) is 23.8 Å². The lowest BCUT2D eigenvalue weighted by Crippen LogP contribution is -2.42. The molecule has 1 aromatic heterocycles. The van der Waals surface area contributed by atoms with E-state index in [1.54, 1.807) is 18.2 Å². The van der Waals surface area contributed by atoms with Crippen LogP contribution in [0.4, 0.5) is 5.82 Å². The Morgan fingerprint density at radius 1 is 1.31 bits per heavy atom. The average Bonchev–Trinajstić information content (AvgIpc) is 3.28. The van der Waals surface area contributed by atoms with Crippen molar-refractivity contribution in [3.05, 3.63) is 105 Å². The molecule has 0 spiro atoms. The summed E-state index contributed by atoms with van der Waals surface area (Å²) in [5.74, 6) is -0.275. The molecule has 0 aromatic carbocycles. The number of rotatable bonds is 13. The molecule has 3 aliphatic rings. The van der Waals surface area contributed by atoms with Gasteiger partial charge in [0.05, 0.1) is 38.7 Å². The molecule has 1 unspecified atom stereocenters. The highest BCUT2D eigenvalue weighted by Crippen LogP contribution is 2.29. The fraction of sp³-hybridized carbons (Fsp3) is 0.382. The number of pyridine rings is 1. The first-order valence-electron chi connectivity index (χ1n) is 14.9. The van der Waals surface area contributed by atoms with Crippen LogP contribution in [0.1, 0.15) is 32.4 Å². The average molecular weight is 616 g/mol. The van der Waals surface area contributed by atoms with Crippen molar-refractivity contribution in [1.29, 1.82) is 5.41 Å². The number of ether oxygens (including phenoxy) is 4. The minimum Gasteiger partial charge on any atom is -0.488 e. The Morgan fingerprint density at radius 3 is 2.84 bits per heavy atom. The molecule has 1 saturated heterocycles. The van der Waals surface area contributed by atoms with Crippen molar-refractivity contribution < 1.29 is 23.7 Å². The maximum Gasteiger partial charge on any atom is 0.323 e. The standard InChI is InChI=1S/C34H41N5O6/c1-5-23(3)32(28(6-2)30-11-8-12-31(36-30)37-34(42-4)29(18-35)33(40)38-41)45-21-24-9-7-10-26-19-39(14-13-25(26)17-24)20-27-22-43-15-16-44-27/h5-8,10-12,17-18,27,35H,2,9,13-16,19-22H2,1,3-4H3,(H,36,37)/b23-5-,32-28-,34-29-,35-18?. The lowest BCUT2D eigenvalue weighted by Gasteiger charge is -2.33. The summed E-state index contributed by atoms with van der Waals surface area (Å²) < 4.78 is 23.2. The predicted molar refractivity (Wildman–Crippen MR) is 174 cm³/mol. The van der Waals surface area contributed by atoms with E-state index in [0.29, 0.717) is 55.5 Å². The van der Waals surface area contributed by atoms with Crippen molar-refractivity contribution >= 4 is 23.5 Å². The number of amides is 1. The van der Waals surface area contributed by atoms with E-state index in [9.17, 15) is 9.70 Å². The van der Waals surface area contributed by atoms with Gasteiger partial charge in [0.15, 0.2) is 0 Å². The van der Waals surface area contributed by atoms with Gasteiger partial charge in [-0.05, 0) is 61.1 Å². The van der Waals surface area contributed by atoms with Crippen LogP contribution in [0.5, 0.6) is 0 Å². The minimum absolute atomic E-state index is 0.117. The second-order valence-electron chi connectivity index (χ2n) is 10.7. The Kier molecular flexibility index (Phi) is 12.3. The van der Waals surface area contributed by atoms with E-state index in [1.807, 2.05) is 26.0 Å². The number of carbonyl (C=O) groups is 1. The fourth-order valence-electron chi connectivity index (χ4n) is 5.32. The van der Waals surface area contributed by atoms with E-state index in [-0.39, 0.29) is 17.6 Å². The summed E-state index contributed by atoms with van der Waals surface area (Å²) in [4.78, 5) is 29.7. The van der Waals surface area contributed by atoms with Crippen molar-refractivity contribution in [2.24, 2.45) is 5.18 Å². The highest BCUT2D eigenvalue weighted by atomic mass is 16.6. The molecule has 2 N–H and O–H groups in total. The van der Waals surface area contributed by atoms with Crippen molar-refractivity contribution in [2.75, 3.05) is 58.5 Å². The van der Waals surface area contributed by atoms with Crippen molar-refractivity contribution in [3.8, 4) is 0 Å². The van der Waals surface area contributed by atoms with Gasteiger partial charge in [0, 0.05) is 36.6 Å². The molecular formula is C34H41N5O6. The third-order valence-corrected chi connectivity index (χ3v) is 7.74. The van der Waals surface area contributed by atoms with E-state index in [1.165, 1.54) is 23.8 Å². The number of anilines is 1. The molecule has 11 nitrogen and oxygen atoms in total. The molecule has 238 valence electrons. The van der Waals surface area contributed by atoms with Gasteiger partial charge in [-0.25, -0.2) is 4.98 Å². The van der Waals surface area contributed by atoms with E-state index < -0.39 is 5.91 Å². The van der Waals surface area contributed by atoms with Gasteiger partial charge in [-0.2, -0.15) is 0 Å². The number of aromatic nitrogens is 1. The molecule has 3 heterocycles. The first kappa shape index (κ1) is 33.4. The maximum atomic E-state index is 11.8. The van der Waals surface area contributed by atoms with Crippen molar-refractivity contribution in [3.63, 3.8) is 0 Å². The number of allylic oxidation sites excluding steroid dienone is 6. The smallest absolute Gasteiger partial charge is 0.323 e. The number of carbonyl (C=O) groups excluding carboxylic acids is 1. The van der Waals surface area contributed by atoms with Gasteiger partial charge in [0.2, 0.25) is 5.88 Å². The highest BCUT2D eigenvalue weighted by Gasteiger charge is 2.23. The summed E-state index contributed by atoms with van der Waals surface area (Å²) in [6, 6.07) is 5.27. The SMILES string of the molecule is C=C/C(=C(OCC1=CC2=C(C=CC1)CN(CC1COCCO1)CC2)\C(C)=C/C)c1cccc(N/C(OC)=C(\C=N)C(=O)N=O)n1. The predicted octanol–water partition coefficient (Wildman–Crippen LogP) is 5.48. The van der Waals surface area contributed by atoms with Crippen molar-refractivity contribution in [1.82, 2.24) is 9.88 Å². The topological polar surface area (TPSA) is 135 Å². The van der Waals surface area contributed by atoms with Gasteiger partial charge in [-0.15, -0.1) is 4.91 Å². The zero-order valence-corrected chi connectivity index (χ0v) is 26.1.